The Morgan fingerprint density at radius 2 is 1.26 bits per heavy atom. The van der Waals surface area contributed by atoms with Crippen LogP contribution in [0.4, 0.5) is 0 Å². The molecule has 138 valence electrons. The number of nitrogens with two attached hydrogens (primary N) is 1. The van der Waals surface area contributed by atoms with Crippen molar-refractivity contribution in [3.63, 3.8) is 0 Å². The predicted octanol–water partition coefficient (Wildman–Crippen LogP) is 3.95. The normalized spacial score (nSPS) is 10.3. The summed E-state index contributed by atoms with van der Waals surface area (Å²) in [6, 6.07) is 22.8. The zero-order chi connectivity index (χ0) is 19.1. The minimum Gasteiger partial charge on any atom is -0.492 e. The lowest BCUT2D eigenvalue weighted by Gasteiger charge is -2.17. The van der Waals surface area contributed by atoms with E-state index in [2.05, 4.69) is 0 Å². The fourth-order valence-electron chi connectivity index (χ4n) is 2.69. The van der Waals surface area contributed by atoms with Crippen LogP contribution in [0.25, 0.3) is 0 Å². The third kappa shape index (κ3) is 4.58. The average Bonchev–Trinajstić information content (AvgIpc) is 2.71. The lowest BCUT2D eigenvalue weighted by atomic mass is 10.1. The van der Waals surface area contributed by atoms with Gasteiger partial charge in [0, 0.05) is 0 Å². The Morgan fingerprint density at radius 1 is 0.778 bits per heavy atom. The van der Waals surface area contributed by atoms with Crippen LogP contribution in [0.15, 0.2) is 72.8 Å². The molecule has 0 fully saturated rings. The highest BCUT2D eigenvalue weighted by Crippen LogP contribution is 2.38. The van der Waals surface area contributed by atoms with Gasteiger partial charge in [0.25, 0.3) is 5.91 Å². The Balaban J connectivity index is 1.83. The van der Waals surface area contributed by atoms with E-state index in [-0.39, 0.29) is 11.3 Å². The Labute approximate surface area is 158 Å². The molecule has 5 heteroatoms. The molecule has 0 radical (unpaired) electrons. The third-order valence-corrected chi connectivity index (χ3v) is 4.01. The van der Waals surface area contributed by atoms with Crippen LogP contribution >= 0.6 is 0 Å². The Morgan fingerprint density at radius 3 is 1.74 bits per heavy atom. The Bertz CT molecular complexity index is 895. The molecule has 27 heavy (non-hydrogen) atoms. The standard InChI is InChI=1S/C22H21NO4/c1-25-21-19(27-15-17-10-6-3-7-11-17)13-12-18(20(21)22(23)24)26-14-16-8-4-2-5-9-16/h2-13H,14-15H2,1H3,(H2,23,24). The van der Waals surface area contributed by atoms with Crippen LogP contribution in [-0.4, -0.2) is 13.0 Å². The summed E-state index contributed by atoms with van der Waals surface area (Å²) in [5.41, 5.74) is 7.73. The topological polar surface area (TPSA) is 70.8 Å². The first-order valence-corrected chi connectivity index (χ1v) is 8.53. The van der Waals surface area contributed by atoms with Crippen molar-refractivity contribution < 1.29 is 19.0 Å². The average molecular weight is 363 g/mol. The summed E-state index contributed by atoms with van der Waals surface area (Å²) in [5.74, 6) is 0.418. The highest BCUT2D eigenvalue weighted by molar-refractivity contribution is 5.99. The number of amides is 1. The van der Waals surface area contributed by atoms with E-state index in [9.17, 15) is 4.79 Å². The van der Waals surface area contributed by atoms with Crippen LogP contribution in [0.2, 0.25) is 0 Å². The molecule has 5 nitrogen and oxygen atoms in total. The molecule has 3 aromatic rings. The van der Waals surface area contributed by atoms with Gasteiger partial charge in [-0.05, 0) is 23.3 Å². The maximum Gasteiger partial charge on any atom is 0.256 e. The molecule has 0 aromatic heterocycles. The van der Waals surface area contributed by atoms with E-state index in [1.165, 1.54) is 7.11 Å². The number of carbonyl (C=O) groups is 1. The second-order valence-electron chi connectivity index (χ2n) is 5.88. The second kappa shape index (κ2) is 8.76. The number of methoxy groups -OCH3 is 1. The van der Waals surface area contributed by atoms with Crippen LogP contribution in [-0.2, 0) is 13.2 Å². The van der Waals surface area contributed by atoms with Crippen LogP contribution < -0.4 is 19.9 Å². The molecule has 0 saturated carbocycles. The molecule has 0 saturated heterocycles. The van der Waals surface area contributed by atoms with Crippen molar-refractivity contribution in [3.05, 3.63) is 89.5 Å². The first-order valence-electron chi connectivity index (χ1n) is 8.53. The van der Waals surface area contributed by atoms with E-state index >= 15 is 0 Å². The molecule has 0 heterocycles. The molecule has 0 aliphatic rings. The van der Waals surface area contributed by atoms with Crippen molar-refractivity contribution in [1.29, 1.82) is 0 Å². The maximum atomic E-state index is 12.0. The zero-order valence-electron chi connectivity index (χ0n) is 15.1. The molecule has 0 unspecified atom stereocenters. The van der Waals surface area contributed by atoms with Gasteiger partial charge in [0.05, 0.1) is 7.11 Å². The molecule has 0 atom stereocenters. The minimum atomic E-state index is -0.639. The Hall–Kier alpha value is -3.47. The van der Waals surface area contributed by atoms with Crippen molar-refractivity contribution in [1.82, 2.24) is 0 Å². The maximum absolute atomic E-state index is 12.0. The summed E-state index contributed by atoms with van der Waals surface area (Å²) in [6.07, 6.45) is 0. The van der Waals surface area contributed by atoms with Gasteiger partial charge >= 0.3 is 0 Å². The van der Waals surface area contributed by atoms with Crippen LogP contribution in [0.1, 0.15) is 21.5 Å². The summed E-state index contributed by atoms with van der Waals surface area (Å²) in [7, 11) is 1.47. The first-order chi connectivity index (χ1) is 13.2. The van der Waals surface area contributed by atoms with Gasteiger partial charge in [0.2, 0.25) is 0 Å². The van der Waals surface area contributed by atoms with Gasteiger partial charge in [0.15, 0.2) is 11.5 Å². The number of hydrogen-bond donors (Lipinski definition) is 1. The molecule has 0 aliphatic carbocycles. The summed E-state index contributed by atoms with van der Waals surface area (Å²) in [6.45, 7) is 0.661. The summed E-state index contributed by atoms with van der Waals surface area (Å²) < 4.78 is 17.1. The van der Waals surface area contributed by atoms with Gasteiger partial charge < -0.3 is 19.9 Å². The number of hydrogen-bond acceptors (Lipinski definition) is 4. The zero-order valence-corrected chi connectivity index (χ0v) is 15.1. The van der Waals surface area contributed by atoms with Crippen molar-refractivity contribution in [2.24, 2.45) is 5.73 Å². The van der Waals surface area contributed by atoms with E-state index in [1.54, 1.807) is 12.1 Å². The van der Waals surface area contributed by atoms with Crippen LogP contribution in [0.5, 0.6) is 17.2 Å². The van der Waals surface area contributed by atoms with E-state index in [0.29, 0.717) is 24.7 Å². The van der Waals surface area contributed by atoms with Gasteiger partial charge in [-0.15, -0.1) is 0 Å². The summed E-state index contributed by atoms with van der Waals surface area (Å²) in [5, 5.41) is 0. The highest BCUT2D eigenvalue weighted by atomic mass is 16.5. The third-order valence-electron chi connectivity index (χ3n) is 4.01. The highest BCUT2D eigenvalue weighted by Gasteiger charge is 2.21. The van der Waals surface area contributed by atoms with Crippen molar-refractivity contribution in [3.8, 4) is 17.2 Å². The number of carbonyl (C=O) groups excluding carboxylic acids is 1. The van der Waals surface area contributed by atoms with Gasteiger partial charge in [-0.3, -0.25) is 4.79 Å². The van der Waals surface area contributed by atoms with Gasteiger partial charge in [-0.2, -0.15) is 0 Å². The molecule has 1 amide bonds. The molecular weight excluding hydrogens is 342 g/mol. The van der Waals surface area contributed by atoms with Crippen LogP contribution in [0.3, 0.4) is 0 Å². The first kappa shape index (κ1) is 18.3. The van der Waals surface area contributed by atoms with Crippen LogP contribution in [0, 0.1) is 0 Å². The summed E-state index contributed by atoms with van der Waals surface area (Å²) >= 11 is 0. The fourth-order valence-corrected chi connectivity index (χ4v) is 2.69. The summed E-state index contributed by atoms with van der Waals surface area (Å²) in [4.78, 5) is 12.0. The Kier molecular flexibility index (Phi) is 5.94. The van der Waals surface area contributed by atoms with Crippen molar-refractivity contribution >= 4 is 5.91 Å². The molecular formula is C22H21NO4. The SMILES string of the molecule is COc1c(OCc2ccccc2)ccc(OCc2ccccc2)c1C(N)=O. The van der Waals surface area contributed by atoms with E-state index in [4.69, 9.17) is 19.9 Å². The van der Waals surface area contributed by atoms with Gasteiger partial charge in [-0.1, -0.05) is 60.7 Å². The minimum absolute atomic E-state index is 0.166. The van der Waals surface area contributed by atoms with E-state index < -0.39 is 5.91 Å². The molecule has 0 spiro atoms. The largest absolute Gasteiger partial charge is 0.492 e. The number of primary amides is 1. The molecule has 3 aromatic carbocycles. The predicted molar refractivity (Wildman–Crippen MR) is 103 cm³/mol. The smallest absolute Gasteiger partial charge is 0.256 e. The molecule has 3 rings (SSSR count). The monoisotopic (exact) mass is 363 g/mol. The number of ether oxygens (including phenoxy) is 3. The quantitative estimate of drug-likeness (QED) is 0.658. The number of benzene rings is 3. The number of rotatable bonds is 8. The van der Waals surface area contributed by atoms with Crippen molar-refractivity contribution in [2.45, 2.75) is 13.2 Å². The fraction of sp³-hybridized carbons (Fsp3) is 0.136. The van der Waals surface area contributed by atoms with Crippen molar-refractivity contribution in [2.75, 3.05) is 7.11 Å². The van der Waals surface area contributed by atoms with E-state index in [1.807, 2.05) is 60.7 Å². The lowest BCUT2D eigenvalue weighted by molar-refractivity contribution is 0.0991. The molecule has 0 aliphatic heterocycles. The lowest BCUT2D eigenvalue weighted by Crippen LogP contribution is -2.15. The second-order valence-corrected chi connectivity index (χ2v) is 5.88. The van der Waals surface area contributed by atoms with E-state index in [0.717, 1.165) is 11.1 Å². The molecule has 2 N–H and O–H groups in total. The van der Waals surface area contributed by atoms with Gasteiger partial charge in [-0.25, -0.2) is 0 Å². The van der Waals surface area contributed by atoms with Gasteiger partial charge in [0.1, 0.15) is 24.5 Å². The molecule has 0 bridgehead atoms.